The lowest BCUT2D eigenvalue weighted by molar-refractivity contribution is -0.137. The first kappa shape index (κ1) is 16.4. The van der Waals surface area contributed by atoms with Gasteiger partial charge in [-0.05, 0) is 18.1 Å². The Balaban J connectivity index is 5.12. The first-order valence-electron chi connectivity index (χ1n) is 5.88. The summed E-state index contributed by atoms with van der Waals surface area (Å²) in [6.07, 6.45) is 7.06. The number of carbonyl (C=O) groups is 1. The molecule has 0 aliphatic carbocycles. The molecule has 2 nitrogen and oxygen atoms in total. The van der Waals surface area contributed by atoms with Crippen LogP contribution in [0.1, 0.15) is 0 Å². The average molecular weight is 262 g/mol. The summed E-state index contributed by atoms with van der Waals surface area (Å²) in [5, 5.41) is 0.573. The van der Waals surface area contributed by atoms with E-state index >= 15 is 0 Å². The number of hydrogen-bond donors (Lipinski definition) is 0. The van der Waals surface area contributed by atoms with Crippen LogP contribution in [-0.2, 0) is 9.53 Å². The average Bonchev–Trinajstić information content (AvgIpc) is 2.35. The van der Waals surface area contributed by atoms with Gasteiger partial charge in [0.25, 0.3) is 0 Å². The number of carbonyl (C=O) groups excluding carboxylic acids is 1. The smallest absolute Gasteiger partial charge is 0.329 e. The van der Waals surface area contributed by atoms with Crippen LogP contribution in [0.25, 0.3) is 0 Å². The van der Waals surface area contributed by atoms with Crippen molar-refractivity contribution in [2.75, 3.05) is 6.61 Å². The second-order valence-electron chi connectivity index (χ2n) is 4.12. The fourth-order valence-corrected chi connectivity index (χ4v) is 5.29. The number of allylic oxidation sites excluding steroid dienone is 3. The van der Waals surface area contributed by atoms with E-state index in [4.69, 9.17) is 4.74 Å². The van der Waals surface area contributed by atoms with Crippen molar-refractivity contribution in [2.24, 2.45) is 0 Å². The van der Waals surface area contributed by atoms with Crippen molar-refractivity contribution in [3.8, 4) is 0 Å². The van der Waals surface area contributed by atoms with Crippen molar-refractivity contribution < 1.29 is 9.53 Å². The van der Waals surface area contributed by atoms with Crippen LogP contribution in [0, 0.1) is 0 Å². The van der Waals surface area contributed by atoms with Crippen LogP contribution in [0.15, 0.2) is 62.4 Å². The van der Waals surface area contributed by atoms with Gasteiger partial charge in [0.15, 0.2) is 0 Å². The molecule has 0 spiro atoms. The lowest BCUT2D eigenvalue weighted by Gasteiger charge is -2.29. The van der Waals surface area contributed by atoms with Crippen LogP contribution >= 0.6 is 0 Å². The number of esters is 1. The topological polar surface area (TPSA) is 26.3 Å². The van der Waals surface area contributed by atoms with Crippen molar-refractivity contribution in [3.05, 3.63) is 62.4 Å². The zero-order valence-corrected chi connectivity index (χ0v) is 12.0. The SMILES string of the molecule is C=CCOC(=O)C(=C)[Si](CC=C)(CC=C)CC=C. The van der Waals surface area contributed by atoms with E-state index in [2.05, 4.69) is 32.9 Å². The summed E-state index contributed by atoms with van der Waals surface area (Å²) in [7, 11) is -2.07. The maximum atomic E-state index is 11.9. The predicted molar refractivity (Wildman–Crippen MR) is 81.1 cm³/mol. The van der Waals surface area contributed by atoms with Gasteiger partial charge in [-0.1, -0.05) is 37.5 Å². The molecule has 0 aromatic heterocycles. The molecule has 0 rings (SSSR count). The van der Waals surface area contributed by atoms with Crippen LogP contribution in [0.4, 0.5) is 0 Å². The quantitative estimate of drug-likeness (QED) is 0.259. The molecule has 0 N–H and O–H groups in total. The van der Waals surface area contributed by atoms with Gasteiger partial charge in [-0.3, -0.25) is 0 Å². The molecule has 0 aromatic carbocycles. The molecule has 0 fully saturated rings. The molecule has 3 heteroatoms. The highest BCUT2D eigenvalue weighted by Gasteiger charge is 2.36. The molecule has 0 heterocycles. The van der Waals surface area contributed by atoms with Crippen LogP contribution in [0.3, 0.4) is 0 Å². The van der Waals surface area contributed by atoms with Crippen molar-refractivity contribution in [1.29, 1.82) is 0 Å². The largest absolute Gasteiger partial charge is 0.458 e. The molecule has 0 unspecified atom stereocenters. The molecule has 0 atom stereocenters. The van der Waals surface area contributed by atoms with Gasteiger partial charge in [-0.15, -0.1) is 19.7 Å². The zero-order valence-electron chi connectivity index (χ0n) is 11.0. The molecular formula is C15H22O2Si. The maximum Gasteiger partial charge on any atom is 0.329 e. The molecule has 0 aliphatic heterocycles. The van der Waals surface area contributed by atoms with E-state index in [1.54, 1.807) is 6.08 Å². The monoisotopic (exact) mass is 262 g/mol. The standard InChI is InChI=1S/C15H22O2Si/c1-6-10-17-15(16)14(5)18(11-7-2,12-8-3)13-9-4/h6-9H,1-5,10-13H2. The number of rotatable bonds is 10. The zero-order chi connectivity index (χ0) is 14.0. The predicted octanol–water partition coefficient (Wildman–Crippen LogP) is 3.82. The van der Waals surface area contributed by atoms with Gasteiger partial charge in [0.2, 0.25) is 0 Å². The molecule has 0 bridgehead atoms. The lowest BCUT2D eigenvalue weighted by atomic mass is 10.6. The molecular weight excluding hydrogens is 240 g/mol. The van der Waals surface area contributed by atoms with E-state index in [0.29, 0.717) is 5.20 Å². The lowest BCUT2D eigenvalue weighted by Crippen LogP contribution is -2.39. The summed E-state index contributed by atoms with van der Waals surface area (Å²) in [6, 6.07) is 2.31. The van der Waals surface area contributed by atoms with Gasteiger partial charge in [0.05, 0.1) is 0 Å². The minimum atomic E-state index is -2.07. The van der Waals surface area contributed by atoms with Crippen LogP contribution in [-0.4, -0.2) is 20.7 Å². The van der Waals surface area contributed by atoms with Crippen molar-refractivity contribution in [2.45, 2.75) is 18.1 Å². The van der Waals surface area contributed by atoms with Crippen LogP contribution < -0.4 is 0 Å². The molecule has 18 heavy (non-hydrogen) atoms. The third-order valence-corrected chi connectivity index (χ3v) is 7.52. The van der Waals surface area contributed by atoms with E-state index in [-0.39, 0.29) is 12.6 Å². The highest BCUT2D eigenvalue weighted by Crippen LogP contribution is 2.30. The van der Waals surface area contributed by atoms with Gasteiger partial charge >= 0.3 is 5.97 Å². The number of ether oxygens (including phenoxy) is 1. The van der Waals surface area contributed by atoms with Gasteiger partial charge in [0.1, 0.15) is 14.7 Å². The summed E-state index contributed by atoms with van der Waals surface area (Å²) in [5.41, 5.74) is 0. The summed E-state index contributed by atoms with van der Waals surface area (Å²) in [5.74, 6) is -0.341. The van der Waals surface area contributed by atoms with Crippen molar-refractivity contribution in [3.63, 3.8) is 0 Å². The van der Waals surface area contributed by atoms with Crippen molar-refractivity contribution >= 4 is 14.0 Å². The second-order valence-corrected chi connectivity index (χ2v) is 8.51. The molecule has 0 aromatic rings. The number of hydrogen-bond acceptors (Lipinski definition) is 2. The fraction of sp³-hybridized carbons (Fsp3) is 0.267. The highest BCUT2D eigenvalue weighted by atomic mass is 28.3. The van der Waals surface area contributed by atoms with E-state index in [0.717, 1.165) is 18.1 Å². The van der Waals surface area contributed by atoms with Gasteiger partial charge in [0, 0.05) is 5.20 Å². The Kier molecular flexibility index (Phi) is 7.71. The maximum absolute atomic E-state index is 11.9. The Hall–Kier alpha value is -1.61. The molecule has 0 saturated carbocycles. The van der Waals surface area contributed by atoms with E-state index in [1.165, 1.54) is 0 Å². The summed E-state index contributed by atoms with van der Waals surface area (Å²) in [4.78, 5) is 11.9. The molecule has 0 saturated heterocycles. The van der Waals surface area contributed by atoms with Gasteiger partial charge in [-0.25, -0.2) is 4.79 Å². The van der Waals surface area contributed by atoms with Crippen LogP contribution in [0.2, 0.25) is 18.1 Å². The van der Waals surface area contributed by atoms with Crippen LogP contribution in [0.5, 0.6) is 0 Å². The minimum absolute atomic E-state index is 0.207. The summed E-state index contributed by atoms with van der Waals surface area (Å²) < 4.78 is 5.07. The van der Waals surface area contributed by atoms with Crippen molar-refractivity contribution in [1.82, 2.24) is 0 Å². The molecule has 0 aliphatic rings. The van der Waals surface area contributed by atoms with E-state index < -0.39 is 8.07 Å². The second kappa shape index (κ2) is 8.47. The third kappa shape index (κ3) is 4.34. The normalized spacial score (nSPS) is 10.2. The Bertz CT molecular complexity index is 329. The van der Waals surface area contributed by atoms with E-state index in [9.17, 15) is 4.79 Å². The molecule has 98 valence electrons. The van der Waals surface area contributed by atoms with E-state index in [1.807, 2.05) is 18.2 Å². The molecule has 0 amide bonds. The Morgan fingerprint density at radius 2 is 1.39 bits per heavy atom. The fourth-order valence-electron chi connectivity index (χ4n) is 1.89. The van der Waals surface area contributed by atoms with Gasteiger partial charge in [-0.2, -0.15) is 0 Å². The minimum Gasteiger partial charge on any atom is -0.458 e. The Morgan fingerprint density at radius 1 is 0.944 bits per heavy atom. The highest BCUT2D eigenvalue weighted by molar-refractivity contribution is 6.91. The Labute approximate surface area is 111 Å². The summed E-state index contributed by atoms with van der Waals surface area (Å²) >= 11 is 0. The first-order valence-corrected chi connectivity index (χ1v) is 8.50. The molecule has 0 radical (unpaired) electrons. The van der Waals surface area contributed by atoms with Gasteiger partial charge < -0.3 is 4.74 Å². The summed E-state index contributed by atoms with van der Waals surface area (Å²) in [6.45, 7) is 19.0. The first-order chi connectivity index (χ1) is 8.57. The Morgan fingerprint density at radius 3 is 1.72 bits per heavy atom. The third-order valence-electron chi connectivity index (χ3n) is 2.82.